The van der Waals surface area contributed by atoms with E-state index in [1.165, 1.54) is 61.7 Å². The third kappa shape index (κ3) is 6.32. The number of carbonyl (C=O) groups is 1. The van der Waals surface area contributed by atoms with Gasteiger partial charge >= 0.3 is 10.1 Å². The van der Waals surface area contributed by atoms with Crippen molar-refractivity contribution in [2.45, 2.75) is 25.3 Å². The van der Waals surface area contributed by atoms with E-state index in [1.807, 2.05) is 13.8 Å². The first-order valence-electron chi connectivity index (χ1n) is 10.4. The molecule has 0 heterocycles. The van der Waals surface area contributed by atoms with Gasteiger partial charge in [0.2, 0.25) is 0 Å². The van der Waals surface area contributed by atoms with Gasteiger partial charge in [0.05, 0.1) is 12.7 Å². The van der Waals surface area contributed by atoms with Crippen LogP contribution < -0.4 is 8.92 Å². The Morgan fingerprint density at radius 1 is 0.939 bits per heavy atom. The van der Waals surface area contributed by atoms with Gasteiger partial charge in [-0.15, -0.1) is 0 Å². The molecule has 0 N–H and O–H groups in total. The van der Waals surface area contributed by atoms with Gasteiger partial charge in [-0.2, -0.15) is 8.42 Å². The number of benzene rings is 3. The van der Waals surface area contributed by atoms with Crippen LogP contribution in [0.3, 0.4) is 0 Å². The minimum Gasteiger partial charge on any atom is -0.497 e. The Hall–Kier alpha value is -3.39. The Balaban J connectivity index is 1.74. The average Bonchev–Trinajstić information content (AvgIpc) is 2.79. The molecular weight excluding hydrogens is 445 g/mol. The van der Waals surface area contributed by atoms with Crippen LogP contribution in [0, 0.1) is 11.7 Å². The van der Waals surface area contributed by atoms with E-state index in [-0.39, 0.29) is 28.7 Å². The first kappa shape index (κ1) is 24.3. The Labute approximate surface area is 193 Å². The number of methoxy groups -OCH3 is 1. The maximum Gasteiger partial charge on any atom is 0.339 e. The van der Waals surface area contributed by atoms with Gasteiger partial charge in [0.25, 0.3) is 5.91 Å². The smallest absolute Gasteiger partial charge is 0.339 e. The molecule has 0 bridgehead atoms. The normalized spacial score (nSPS) is 11.3. The average molecular weight is 472 g/mol. The Bertz CT molecular complexity index is 1190. The van der Waals surface area contributed by atoms with Gasteiger partial charge in [0.15, 0.2) is 0 Å². The second-order valence-electron chi connectivity index (χ2n) is 7.92. The summed E-state index contributed by atoms with van der Waals surface area (Å²) < 4.78 is 49.4. The molecule has 6 nitrogen and oxygen atoms in total. The summed E-state index contributed by atoms with van der Waals surface area (Å²) in [7, 11) is -2.51. The van der Waals surface area contributed by atoms with Gasteiger partial charge in [-0.1, -0.05) is 38.1 Å². The standard InChI is InChI=1S/C25H26FNO5S/c1-18(2)16-27(25(28)23-6-4-5-7-24(23)26)17-19-8-10-21(11-9-19)32-33(29,30)22-14-12-20(31-3)13-15-22/h4-15,18H,16-17H2,1-3H3. The van der Waals surface area contributed by atoms with Crippen molar-refractivity contribution < 1.29 is 26.5 Å². The van der Waals surface area contributed by atoms with Crippen molar-refractivity contribution in [3.8, 4) is 11.5 Å². The summed E-state index contributed by atoms with van der Waals surface area (Å²) >= 11 is 0. The zero-order chi connectivity index (χ0) is 24.0. The third-order valence-corrected chi connectivity index (χ3v) is 6.09. The zero-order valence-corrected chi connectivity index (χ0v) is 19.5. The van der Waals surface area contributed by atoms with E-state index in [2.05, 4.69) is 0 Å². The van der Waals surface area contributed by atoms with E-state index in [1.54, 1.807) is 23.1 Å². The highest BCUT2D eigenvalue weighted by Gasteiger charge is 2.21. The SMILES string of the molecule is COc1ccc(S(=O)(=O)Oc2ccc(CN(CC(C)C)C(=O)c3ccccc3F)cc2)cc1. The molecule has 0 radical (unpaired) electrons. The molecule has 0 spiro atoms. The summed E-state index contributed by atoms with van der Waals surface area (Å²) in [6.45, 7) is 4.64. The van der Waals surface area contributed by atoms with Crippen LogP contribution in [-0.2, 0) is 16.7 Å². The van der Waals surface area contributed by atoms with Crippen molar-refractivity contribution >= 4 is 16.0 Å². The lowest BCUT2D eigenvalue weighted by molar-refractivity contribution is 0.0718. The van der Waals surface area contributed by atoms with Crippen molar-refractivity contribution in [2.75, 3.05) is 13.7 Å². The summed E-state index contributed by atoms with van der Waals surface area (Å²) in [4.78, 5) is 14.5. The fraction of sp³-hybridized carbons (Fsp3) is 0.240. The molecule has 0 saturated carbocycles. The summed E-state index contributed by atoms with van der Waals surface area (Å²) in [6.07, 6.45) is 0. The van der Waals surface area contributed by atoms with Gasteiger partial charge in [-0.3, -0.25) is 4.79 Å². The van der Waals surface area contributed by atoms with E-state index in [9.17, 15) is 17.6 Å². The summed E-state index contributed by atoms with van der Waals surface area (Å²) in [5.74, 6) is -0.106. The van der Waals surface area contributed by atoms with Crippen LogP contribution in [0.25, 0.3) is 0 Å². The molecule has 0 aliphatic carbocycles. The molecule has 0 aliphatic heterocycles. The van der Waals surface area contributed by atoms with Crippen LogP contribution >= 0.6 is 0 Å². The van der Waals surface area contributed by atoms with E-state index >= 15 is 0 Å². The highest BCUT2D eigenvalue weighted by molar-refractivity contribution is 7.87. The third-order valence-electron chi connectivity index (χ3n) is 4.83. The molecule has 1 amide bonds. The van der Waals surface area contributed by atoms with Crippen LogP contribution in [0.5, 0.6) is 11.5 Å². The molecule has 3 aromatic rings. The molecular formula is C25H26FNO5S. The van der Waals surface area contributed by atoms with Crippen molar-refractivity contribution in [1.29, 1.82) is 0 Å². The predicted molar refractivity (Wildman–Crippen MR) is 123 cm³/mol. The second-order valence-corrected chi connectivity index (χ2v) is 9.46. The molecule has 0 unspecified atom stereocenters. The Morgan fingerprint density at radius 2 is 1.55 bits per heavy atom. The van der Waals surface area contributed by atoms with E-state index in [0.717, 1.165) is 5.56 Å². The largest absolute Gasteiger partial charge is 0.497 e. The highest BCUT2D eigenvalue weighted by atomic mass is 32.2. The molecule has 33 heavy (non-hydrogen) atoms. The highest BCUT2D eigenvalue weighted by Crippen LogP contribution is 2.22. The lowest BCUT2D eigenvalue weighted by Gasteiger charge is -2.25. The molecule has 174 valence electrons. The fourth-order valence-electron chi connectivity index (χ4n) is 3.25. The van der Waals surface area contributed by atoms with Crippen molar-refractivity contribution in [3.05, 3.63) is 89.7 Å². The van der Waals surface area contributed by atoms with Crippen LogP contribution in [0.15, 0.2) is 77.7 Å². The molecule has 3 rings (SSSR count). The second kappa shape index (κ2) is 10.5. The Morgan fingerprint density at radius 3 is 2.12 bits per heavy atom. The minimum atomic E-state index is -4.01. The van der Waals surface area contributed by atoms with Crippen LogP contribution in [0.2, 0.25) is 0 Å². The van der Waals surface area contributed by atoms with E-state index in [0.29, 0.717) is 12.3 Å². The van der Waals surface area contributed by atoms with E-state index < -0.39 is 21.8 Å². The monoisotopic (exact) mass is 471 g/mol. The van der Waals surface area contributed by atoms with Crippen molar-refractivity contribution in [2.24, 2.45) is 5.92 Å². The first-order valence-corrected chi connectivity index (χ1v) is 11.8. The van der Waals surface area contributed by atoms with Gasteiger partial charge in [-0.25, -0.2) is 4.39 Å². The van der Waals surface area contributed by atoms with Crippen LogP contribution in [-0.4, -0.2) is 32.9 Å². The number of hydrogen-bond donors (Lipinski definition) is 0. The molecule has 0 aromatic heterocycles. The van der Waals surface area contributed by atoms with Crippen molar-refractivity contribution in [3.63, 3.8) is 0 Å². The Kier molecular flexibility index (Phi) is 7.71. The van der Waals surface area contributed by atoms with Gasteiger partial charge < -0.3 is 13.8 Å². The number of nitrogens with zero attached hydrogens (tertiary/aromatic N) is 1. The molecule has 0 atom stereocenters. The number of ether oxygens (including phenoxy) is 1. The van der Waals surface area contributed by atoms with Gasteiger partial charge in [-0.05, 0) is 60.0 Å². The number of rotatable bonds is 9. The first-order chi connectivity index (χ1) is 15.7. The summed E-state index contributed by atoms with van der Waals surface area (Å²) in [5.41, 5.74) is 0.776. The number of carbonyl (C=O) groups excluding carboxylic acids is 1. The predicted octanol–water partition coefficient (Wildman–Crippen LogP) is 4.90. The molecule has 0 saturated heterocycles. The topological polar surface area (TPSA) is 72.9 Å². The molecule has 3 aromatic carbocycles. The number of halogens is 1. The lowest BCUT2D eigenvalue weighted by Crippen LogP contribution is -2.34. The van der Waals surface area contributed by atoms with Crippen LogP contribution in [0.1, 0.15) is 29.8 Å². The fourth-order valence-corrected chi connectivity index (χ4v) is 4.18. The quantitative estimate of drug-likeness (QED) is 0.415. The number of amides is 1. The summed E-state index contributed by atoms with van der Waals surface area (Å²) in [5, 5.41) is 0. The maximum atomic E-state index is 14.1. The molecule has 0 aliphatic rings. The van der Waals surface area contributed by atoms with Gasteiger partial charge in [0.1, 0.15) is 22.2 Å². The number of hydrogen-bond acceptors (Lipinski definition) is 5. The van der Waals surface area contributed by atoms with Crippen LogP contribution in [0.4, 0.5) is 4.39 Å². The van der Waals surface area contributed by atoms with Gasteiger partial charge in [0, 0.05) is 13.1 Å². The minimum absolute atomic E-state index is 0.00553. The van der Waals surface area contributed by atoms with Crippen molar-refractivity contribution in [1.82, 2.24) is 4.90 Å². The van der Waals surface area contributed by atoms with E-state index in [4.69, 9.17) is 8.92 Å². The lowest BCUT2D eigenvalue weighted by atomic mass is 10.1. The molecule has 8 heteroatoms. The zero-order valence-electron chi connectivity index (χ0n) is 18.7. The maximum absolute atomic E-state index is 14.1. The summed E-state index contributed by atoms with van der Waals surface area (Å²) in [6, 6.07) is 18.2. The molecule has 0 fully saturated rings.